The minimum absolute atomic E-state index is 0.0681. The fourth-order valence-corrected chi connectivity index (χ4v) is 5.31. The molecule has 1 aromatic heterocycles. The Hall–Kier alpha value is -4.60. The molecule has 1 saturated carbocycles. The number of pyridine rings is 1. The molecule has 220 valence electrons. The maximum atomic E-state index is 13.5. The molecule has 4 unspecified atom stereocenters. The maximum Gasteiger partial charge on any atom is 0.411 e. The summed E-state index contributed by atoms with van der Waals surface area (Å²) in [6.45, 7) is 8.97. The third-order valence-electron chi connectivity index (χ3n) is 7.56. The van der Waals surface area contributed by atoms with Gasteiger partial charge < -0.3 is 24.6 Å². The number of rotatable bonds is 8. The van der Waals surface area contributed by atoms with Crippen molar-refractivity contribution in [1.82, 2.24) is 15.2 Å². The average Bonchev–Trinajstić information content (AvgIpc) is 3.51. The molecule has 10 heteroatoms. The Kier molecular flexibility index (Phi) is 7.57. The molecular formula is C32H35N3O7. The Morgan fingerprint density at radius 1 is 1.14 bits per heavy atom. The van der Waals surface area contributed by atoms with E-state index < -0.39 is 41.3 Å². The first-order valence-corrected chi connectivity index (χ1v) is 13.8. The molecule has 2 heterocycles. The van der Waals surface area contributed by atoms with Gasteiger partial charge in [-0.15, -0.1) is 6.58 Å². The second-order valence-electron chi connectivity index (χ2n) is 11.7. The fourth-order valence-electron chi connectivity index (χ4n) is 5.31. The first-order valence-electron chi connectivity index (χ1n) is 13.8. The molecule has 0 spiro atoms. The normalized spacial score (nSPS) is 23.2. The smallest absolute Gasteiger partial charge is 0.411 e. The Morgan fingerprint density at radius 2 is 1.88 bits per heavy atom. The predicted molar refractivity (Wildman–Crippen MR) is 156 cm³/mol. The van der Waals surface area contributed by atoms with Crippen molar-refractivity contribution in [2.45, 2.75) is 56.9 Å². The van der Waals surface area contributed by atoms with E-state index in [-0.39, 0.29) is 25.3 Å². The summed E-state index contributed by atoms with van der Waals surface area (Å²) in [6.07, 6.45) is 0.642. The van der Waals surface area contributed by atoms with Gasteiger partial charge in [0.25, 0.3) is 0 Å². The molecule has 1 aliphatic carbocycles. The summed E-state index contributed by atoms with van der Waals surface area (Å²) in [6, 6.07) is 16.0. The molecule has 0 radical (unpaired) electrons. The number of fused-ring (bicyclic) bond motifs is 1. The van der Waals surface area contributed by atoms with Gasteiger partial charge in [-0.05, 0) is 39.3 Å². The molecule has 5 rings (SSSR count). The van der Waals surface area contributed by atoms with Crippen LogP contribution in [0.2, 0.25) is 0 Å². The number of nitrogens with one attached hydrogen (secondary N) is 1. The number of carboxylic acid groups (broad SMARTS) is 1. The summed E-state index contributed by atoms with van der Waals surface area (Å²) >= 11 is 0. The van der Waals surface area contributed by atoms with E-state index in [9.17, 15) is 19.5 Å². The average molecular weight is 574 g/mol. The molecule has 10 nitrogen and oxygen atoms in total. The lowest BCUT2D eigenvalue weighted by atomic mass is 10.1. The molecule has 2 N–H and O–H groups in total. The SMILES string of the molecule is C=CC1CC1(NC(=O)C1CC(Oc2cc(-c3ccccc3)nc3cc(OC)ccc23)CN1C(=O)OC(C)(C)C)C(=O)O. The molecule has 2 aliphatic rings. The first-order chi connectivity index (χ1) is 19.9. The number of nitrogens with zero attached hydrogens (tertiary/aromatic N) is 2. The number of hydrogen-bond acceptors (Lipinski definition) is 7. The molecule has 1 aliphatic heterocycles. The lowest BCUT2D eigenvalue weighted by Crippen LogP contribution is -2.53. The highest BCUT2D eigenvalue weighted by Gasteiger charge is 2.61. The molecule has 42 heavy (non-hydrogen) atoms. The number of ether oxygens (including phenoxy) is 3. The van der Waals surface area contributed by atoms with Crippen LogP contribution in [0.15, 0.2) is 67.3 Å². The van der Waals surface area contributed by atoms with Gasteiger partial charge in [-0.1, -0.05) is 36.4 Å². The van der Waals surface area contributed by atoms with E-state index in [1.807, 2.05) is 54.6 Å². The van der Waals surface area contributed by atoms with Crippen LogP contribution in [-0.4, -0.2) is 69.9 Å². The number of carbonyl (C=O) groups is 3. The number of aliphatic carboxylic acids is 1. The Morgan fingerprint density at radius 3 is 2.50 bits per heavy atom. The number of methoxy groups -OCH3 is 1. The van der Waals surface area contributed by atoms with Crippen molar-refractivity contribution in [2.75, 3.05) is 13.7 Å². The van der Waals surface area contributed by atoms with Crippen molar-refractivity contribution in [3.05, 3.63) is 67.3 Å². The van der Waals surface area contributed by atoms with Crippen LogP contribution in [0.5, 0.6) is 11.5 Å². The van der Waals surface area contributed by atoms with Crippen LogP contribution < -0.4 is 14.8 Å². The van der Waals surface area contributed by atoms with E-state index in [1.54, 1.807) is 27.9 Å². The summed E-state index contributed by atoms with van der Waals surface area (Å²) in [7, 11) is 1.59. The van der Waals surface area contributed by atoms with Crippen LogP contribution in [0, 0.1) is 5.92 Å². The topological polar surface area (TPSA) is 127 Å². The minimum atomic E-state index is -1.43. The fraction of sp³-hybridized carbons (Fsp3) is 0.375. The third kappa shape index (κ3) is 5.74. The van der Waals surface area contributed by atoms with Gasteiger partial charge in [-0.3, -0.25) is 9.69 Å². The summed E-state index contributed by atoms with van der Waals surface area (Å²) in [4.78, 5) is 44.9. The van der Waals surface area contributed by atoms with E-state index >= 15 is 0 Å². The standard InChI is InChI=1S/C32H35N3O7/c1-6-20-17-32(20,29(37)38)34-28(36)26-15-22(18-35(26)30(39)42-31(2,3)4)41-27-16-24(19-10-8-7-9-11-19)33-25-14-21(40-5)12-13-23(25)27/h6-14,16,20,22,26H,1,15,17-18H2,2-5H3,(H,34,36)(H,37,38). The van der Waals surface area contributed by atoms with Crippen LogP contribution in [0.4, 0.5) is 4.79 Å². The molecule has 3 aromatic rings. The lowest BCUT2D eigenvalue weighted by Gasteiger charge is -2.28. The van der Waals surface area contributed by atoms with Crippen LogP contribution in [0.3, 0.4) is 0 Å². The van der Waals surface area contributed by atoms with E-state index in [0.717, 1.165) is 10.9 Å². The van der Waals surface area contributed by atoms with E-state index in [4.69, 9.17) is 19.2 Å². The maximum absolute atomic E-state index is 13.5. The van der Waals surface area contributed by atoms with Crippen LogP contribution in [-0.2, 0) is 14.3 Å². The molecule has 0 bridgehead atoms. The Bertz CT molecular complexity index is 1530. The number of aromatic nitrogens is 1. The number of carbonyl (C=O) groups excluding carboxylic acids is 2. The molecule has 2 fully saturated rings. The summed E-state index contributed by atoms with van der Waals surface area (Å²) in [5, 5.41) is 13.2. The number of amides is 2. The van der Waals surface area contributed by atoms with E-state index in [1.165, 1.54) is 11.0 Å². The minimum Gasteiger partial charge on any atom is -0.497 e. The van der Waals surface area contributed by atoms with Gasteiger partial charge in [-0.25, -0.2) is 14.6 Å². The summed E-state index contributed by atoms with van der Waals surface area (Å²) in [5.74, 6) is -0.924. The van der Waals surface area contributed by atoms with Gasteiger partial charge in [0.1, 0.15) is 34.8 Å². The molecule has 2 amide bonds. The van der Waals surface area contributed by atoms with Gasteiger partial charge in [0.05, 0.1) is 24.9 Å². The molecule has 1 saturated heterocycles. The zero-order chi connectivity index (χ0) is 30.2. The number of hydrogen-bond donors (Lipinski definition) is 2. The third-order valence-corrected chi connectivity index (χ3v) is 7.56. The van der Waals surface area contributed by atoms with Crippen LogP contribution >= 0.6 is 0 Å². The zero-order valence-electron chi connectivity index (χ0n) is 24.1. The van der Waals surface area contributed by atoms with Crippen molar-refractivity contribution in [2.24, 2.45) is 5.92 Å². The molecule has 4 atom stereocenters. The number of benzene rings is 2. The first kappa shape index (κ1) is 28.9. The lowest BCUT2D eigenvalue weighted by molar-refractivity contribution is -0.144. The summed E-state index contributed by atoms with van der Waals surface area (Å²) in [5.41, 5.74) is 0.0213. The van der Waals surface area contributed by atoms with Gasteiger partial charge in [0.15, 0.2) is 0 Å². The van der Waals surface area contributed by atoms with Gasteiger partial charge >= 0.3 is 12.1 Å². The highest BCUT2D eigenvalue weighted by Crippen LogP contribution is 2.45. The van der Waals surface area contributed by atoms with Crippen molar-refractivity contribution >= 4 is 28.9 Å². The second-order valence-corrected chi connectivity index (χ2v) is 11.7. The van der Waals surface area contributed by atoms with Crippen molar-refractivity contribution in [3.8, 4) is 22.8 Å². The van der Waals surface area contributed by atoms with Crippen molar-refractivity contribution in [1.29, 1.82) is 0 Å². The summed E-state index contributed by atoms with van der Waals surface area (Å²) < 4.78 is 17.5. The number of likely N-dealkylation sites (tertiary alicyclic amines) is 1. The predicted octanol–water partition coefficient (Wildman–Crippen LogP) is 4.81. The Balaban J connectivity index is 1.47. The van der Waals surface area contributed by atoms with E-state index in [0.29, 0.717) is 22.7 Å². The van der Waals surface area contributed by atoms with Gasteiger partial charge in [-0.2, -0.15) is 0 Å². The second kappa shape index (κ2) is 11.0. The monoisotopic (exact) mass is 573 g/mol. The quantitative estimate of drug-likeness (QED) is 0.368. The highest BCUT2D eigenvalue weighted by atomic mass is 16.6. The largest absolute Gasteiger partial charge is 0.497 e. The molecule has 2 aromatic carbocycles. The zero-order valence-corrected chi connectivity index (χ0v) is 24.1. The van der Waals surface area contributed by atoms with Crippen molar-refractivity contribution < 1.29 is 33.7 Å². The highest BCUT2D eigenvalue weighted by molar-refractivity contribution is 5.94. The van der Waals surface area contributed by atoms with Gasteiger partial charge in [0, 0.05) is 35.4 Å². The van der Waals surface area contributed by atoms with Crippen LogP contribution in [0.25, 0.3) is 22.2 Å². The Labute approximate surface area is 244 Å². The van der Waals surface area contributed by atoms with Crippen LogP contribution in [0.1, 0.15) is 33.6 Å². The molecular weight excluding hydrogens is 538 g/mol. The van der Waals surface area contributed by atoms with Crippen molar-refractivity contribution in [3.63, 3.8) is 0 Å². The number of carboxylic acids is 1. The van der Waals surface area contributed by atoms with E-state index in [2.05, 4.69) is 11.9 Å². The van der Waals surface area contributed by atoms with Gasteiger partial charge in [0.2, 0.25) is 5.91 Å².